The lowest BCUT2D eigenvalue weighted by atomic mass is 10.0. The molecule has 0 amide bonds. The maximum Gasteiger partial charge on any atom is 0.158 e. The third-order valence-electron chi connectivity index (χ3n) is 6.25. The highest BCUT2D eigenvalue weighted by Crippen LogP contribution is 2.30. The molecule has 2 saturated heterocycles. The second-order valence-corrected chi connectivity index (χ2v) is 10.2. The summed E-state index contributed by atoms with van der Waals surface area (Å²) in [6, 6.07) is 8.99. The Kier molecular flexibility index (Phi) is 4.47. The number of likely N-dealkylation sites (tertiary alicyclic amines) is 1. The maximum absolute atomic E-state index is 11.7. The molecule has 5 rings (SSSR count). The van der Waals surface area contributed by atoms with Crippen molar-refractivity contribution in [2.45, 2.75) is 37.8 Å². The van der Waals surface area contributed by atoms with Crippen molar-refractivity contribution in [2.24, 2.45) is 0 Å². The lowest BCUT2D eigenvalue weighted by Gasteiger charge is -2.39. The number of hydrogen-bond donors (Lipinski definition) is 0. The Balaban J connectivity index is 1.32. The standard InChI is InChI=1S/C20H25N5O2S/c26-28(27)14-7-16(8-15-28)23-11-5-17(6-12-23)24-13-10-21-20(24)19-3-1-2-18-4-9-22-25(18)19/h1-4,9-10,13,16-17H,5-8,11-12,14-15H2. The van der Waals surface area contributed by atoms with Crippen molar-refractivity contribution in [1.29, 1.82) is 0 Å². The smallest absolute Gasteiger partial charge is 0.158 e. The van der Waals surface area contributed by atoms with Gasteiger partial charge in [-0.1, -0.05) is 6.07 Å². The Morgan fingerprint density at radius 1 is 0.929 bits per heavy atom. The van der Waals surface area contributed by atoms with Crippen LogP contribution in [0.15, 0.2) is 42.9 Å². The van der Waals surface area contributed by atoms with E-state index in [4.69, 9.17) is 0 Å². The number of nitrogens with zero attached hydrogens (tertiary/aromatic N) is 5. The van der Waals surface area contributed by atoms with Crippen molar-refractivity contribution in [1.82, 2.24) is 24.1 Å². The van der Waals surface area contributed by atoms with E-state index < -0.39 is 9.84 Å². The van der Waals surface area contributed by atoms with Crippen LogP contribution < -0.4 is 0 Å². The Labute approximate surface area is 164 Å². The summed E-state index contributed by atoms with van der Waals surface area (Å²) >= 11 is 0. The van der Waals surface area contributed by atoms with Crippen molar-refractivity contribution in [3.05, 3.63) is 42.9 Å². The largest absolute Gasteiger partial charge is 0.327 e. The molecule has 5 heterocycles. The van der Waals surface area contributed by atoms with Gasteiger partial charge >= 0.3 is 0 Å². The first-order valence-corrected chi connectivity index (χ1v) is 11.8. The van der Waals surface area contributed by atoms with Crippen LogP contribution in [0.1, 0.15) is 31.7 Å². The molecule has 3 aromatic heterocycles. The summed E-state index contributed by atoms with van der Waals surface area (Å²) in [5.41, 5.74) is 2.07. The van der Waals surface area contributed by atoms with Gasteiger partial charge in [-0.3, -0.25) is 0 Å². The summed E-state index contributed by atoms with van der Waals surface area (Å²) in [6.07, 6.45) is 9.44. The van der Waals surface area contributed by atoms with Crippen molar-refractivity contribution in [2.75, 3.05) is 24.6 Å². The minimum absolute atomic E-state index is 0.344. The summed E-state index contributed by atoms with van der Waals surface area (Å²) in [5, 5.41) is 4.45. The zero-order chi connectivity index (χ0) is 19.1. The van der Waals surface area contributed by atoms with Crippen LogP contribution >= 0.6 is 0 Å². The number of pyridine rings is 1. The number of rotatable bonds is 3. The fraction of sp³-hybridized carbons (Fsp3) is 0.500. The Hall–Kier alpha value is -2.19. The lowest BCUT2D eigenvalue weighted by molar-refractivity contribution is 0.127. The fourth-order valence-electron chi connectivity index (χ4n) is 4.70. The first kappa shape index (κ1) is 17.9. The van der Waals surface area contributed by atoms with Crippen LogP contribution in [0.3, 0.4) is 0 Å². The van der Waals surface area contributed by atoms with Gasteiger partial charge < -0.3 is 9.47 Å². The molecule has 0 aromatic carbocycles. The van der Waals surface area contributed by atoms with Gasteiger partial charge in [-0.05, 0) is 43.9 Å². The molecule has 2 fully saturated rings. The van der Waals surface area contributed by atoms with Gasteiger partial charge in [-0.2, -0.15) is 5.10 Å². The van der Waals surface area contributed by atoms with E-state index in [1.165, 1.54) is 0 Å². The number of imidazole rings is 1. The first-order chi connectivity index (χ1) is 13.6. The maximum atomic E-state index is 11.7. The summed E-state index contributed by atoms with van der Waals surface area (Å²) in [6.45, 7) is 2.03. The van der Waals surface area contributed by atoms with Gasteiger partial charge in [0, 0.05) is 37.6 Å². The first-order valence-electron chi connectivity index (χ1n) is 10.0. The van der Waals surface area contributed by atoms with E-state index in [0.29, 0.717) is 23.6 Å². The molecule has 0 unspecified atom stereocenters. The minimum Gasteiger partial charge on any atom is -0.327 e. The Bertz CT molecular complexity index is 1060. The van der Waals surface area contributed by atoms with Crippen molar-refractivity contribution < 1.29 is 8.42 Å². The number of sulfone groups is 1. The van der Waals surface area contributed by atoms with E-state index in [0.717, 1.165) is 55.8 Å². The highest BCUT2D eigenvalue weighted by molar-refractivity contribution is 7.91. The van der Waals surface area contributed by atoms with Gasteiger partial charge in [0.2, 0.25) is 0 Å². The molecular weight excluding hydrogens is 374 g/mol. The molecular formula is C20H25N5O2S. The number of fused-ring (bicyclic) bond motifs is 1. The van der Waals surface area contributed by atoms with Crippen LogP contribution in [-0.4, -0.2) is 63.1 Å². The van der Waals surface area contributed by atoms with Gasteiger partial charge in [-0.25, -0.2) is 17.9 Å². The third-order valence-corrected chi connectivity index (χ3v) is 7.97. The molecule has 0 radical (unpaired) electrons. The molecule has 8 heteroatoms. The lowest BCUT2D eigenvalue weighted by Crippen LogP contribution is -2.45. The van der Waals surface area contributed by atoms with Crippen molar-refractivity contribution in [3.8, 4) is 11.5 Å². The van der Waals surface area contributed by atoms with Gasteiger partial charge in [-0.15, -0.1) is 0 Å². The SMILES string of the molecule is O=S1(=O)CCC(N2CCC(n3ccnc3-c3cccc4ccnn34)CC2)CC1. The highest BCUT2D eigenvalue weighted by Gasteiger charge is 2.31. The molecule has 0 aliphatic carbocycles. The molecule has 3 aromatic rings. The van der Waals surface area contributed by atoms with E-state index in [1.807, 2.05) is 35.1 Å². The minimum atomic E-state index is -2.80. The number of piperidine rings is 1. The molecule has 148 valence electrons. The van der Waals surface area contributed by atoms with E-state index >= 15 is 0 Å². The quantitative estimate of drug-likeness (QED) is 0.676. The highest BCUT2D eigenvalue weighted by atomic mass is 32.2. The van der Waals surface area contributed by atoms with Gasteiger partial charge in [0.1, 0.15) is 15.5 Å². The molecule has 0 saturated carbocycles. The van der Waals surface area contributed by atoms with E-state index in [9.17, 15) is 8.42 Å². The molecule has 2 aliphatic rings. The van der Waals surface area contributed by atoms with E-state index in [2.05, 4.69) is 31.8 Å². The second kappa shape index (κ2) is 7.00. The third kappa shape index (κ3) is 3.24. The molecule has 2 aliphatic heterocycles. The van der Waals surface area contributed by atoms with Crippen LogP contribution in [-0.2, 0) is 9.84 Å². The van der Waals surface area contributed by atoms with Crippen LogP contribution in [0, 0.1) is 0 Å². The van der Waals surface area contributed by atoms with Gasteiger partial charge in [0.15, 0.2) is 5.82 Å². The summed E-state index contributed by atoms with van der Waals surface area (Å²) in [5.74, 6) is 1.64. The molecule has 0 bridgehead atoms. The monoisotopic (exact) mass is 399 g/mol. The predicted octanol–water partition coefficient (Wildman–Crippen LogP) is 2.41. The van der Waals surface area contributed by atoms with Crippen LogP contribution in [0.5, 0.6) is 0 Å². The van der Waals surface area contributed by atoms with Crippen molar-refractivity contribution in [3.63, 3.8) is 0 Å². The second-order valence-electron chi connectivity index (χ2n) is 7.89. The van der Waals surface area contributed by atoms with Crippen molar-refractivity contribution >= 4 is 15.4 Å². The zero-order valence-electron chi connectivity index (χ0n) is 15.8. The topological polar surface area (TPSA) is 72.5 Å². The fourth-order valence-corrected chi connectivity index (χ4v) is 6.16. The summed E-state index contributed by atoms with van der Waals surface area (Å²) in [7, 11) is -2.80. The molecule has 0 atom stereocenters. The molecule has 0 spiro atoms. The number of hydrogen-bond acceptors (Lipinski definition) is 5. The summed E-state index contributed by atoms with van der Waals surface area (Å²) < 4.78 is 27.6. The Morgan fingerprint density at radius 3 is 2.50 bits per heavy atom. The van der Waals surface area contributed by atoms with E-state index in [-0.39, 0.29) is 0 Å². The number of aromatic nitrogens is 4. The van der Waals surface area contributed by atoms with Crippen LogP contribution in [0.2, 0.25) is 0 Å². The average Bonchev–Trinajstić information content (AvgIpc) is 3.37. The average molecular weight is 400 g/mol. The van der Waals surface area contributed by atoms with Gasteiger partial charge in [0.25, 0.3) is 0 Å². The molecule has 28 heavy (non-hydrogen) atoms. The zero-order valence-corrected chi connectivity index (χ0v) is 16.6. The summed E-state index contributed by atoms with van der Waals surface area (Å²) in [4.78, 5) is 7.13. The Morgan fingerprint density at radius 2 is 1.71 bits per heavy atom. The van der Waals surface area contributed by atoms with Crippen LogP contribution in [0.4, 0.5) is 0 Å². The van der Waals surface area contributed by atoms with Gasteiger partial charge in [0.05, 0.1) is 23.2 Å². The van der Waals surface area contributed by atoms with E-state index in [1.54, 1.807) is 0 Å². The molecule has 7 nitrogen and oxygen atoms in total. The predicted molar refractivity (Wildman–Crippen MR) is 108 cm³/mol. The van der Waals surface area contributed by atoms with Crippen LogP contribution in [0.25, 0.3) is 17.0 Å². The normalized spacial score (nSPS) is 22.0. The molecule has 0 N–H and O–H groups in total.